The van der Waals surface area contributed by atoms with E-state index in [2.05, 4.69) is 5.32 Å². The summed E-state index contributed by atoms with van der Waals surface area (Å²) in [6.45, 7) is 3.19. The molecule has 1 atom stereocenters. The number of nitrogens with one attached hydrogen (secondary N) is 1. The minimum Gasteiger partial charge on any atom is -0.465 e. The van der Waals surface area contributed by atoms with E-state index in [1.807, 2.05) is 80.5 Å². The number of anilines is 2. The number of carbonyl (C=O) groups is 3. The number of hydrogen-bond donors (Lipinski definition) is 1. The van der Waals surface area contributed by atoms with Gasteiger partial charge >= 0.3 is 5.97 Å². The Morgan fingerprint density at radius 1 is 0.947 bits per heavy atom. The van der Waals surface area contributed by atoms with Crippen molar-refractivity contribution < 1.29 is 19.1 Å². The average molecular weight is 513 g/mol. The van der Waals surface area contributed by atoms with E-state index in [1.165, 1.54) is 7.11 Å². The summed E-state index contributed by atoms with van der Waals surface area (Å²) in [6, 6.07) is 22.1. The van der Waals surface area contributed by atoms with Crippen LogP contribution in [0.4, 0.5) is 17.1 Å². The van der Waals surface area contributed by atoms with E-state index in [1.54, 1.807) is 23.1 Å². The summed E-state index contributed by atoms with van der Waals surface area (Å²) in [7, 11) is 5.28. The molecule has 0 bridgehead atoms. The molecule has 1 aliphatic heterocycles. The number of likely N-dealkylation sites (N-methyl/N-ethyl adjacent to an activating group) is 1. The molecule has 8 nitrogen and oxygen atoms in total. The SMILES string of the molecule is CCC(=O)N(CCN(C)C)c1ccc(N=C(c2ccccc2)C2C(=O)Nc3cc(C(=O)OC)ccc32)cc1. The van der Waals surface area contributed by atoms with Gasteiger partial charge in [0.25, 0.3) is 0 Å². The summed E-state index contributed by atoms with van der Waals surface area (Å²) in [5.41, 5.74) is 4.54. The molecule has 1 aliphatic rings. The molecule has 4 rings (SSSR count). The molecule has 0 fully saturated rings. The highest BCUT2D eigenvalue weighted by molar-refractivity contribution is 6.24. The van der Waals surface area contributed by atoms with E-state index in [4.69, 9.17) is 9.73 Å². The lowest BCUT2D eigenvalue weighted by Crippen LogP contribution is -2.36. The maximum absolute atomic E-state index is 13.2. The van der Waals surface area contributed by atoms with Crippen molar-refractivity contribution in [1.29, 1.82) is 0 Å². The maximum atomic E-state index is 13.2. The van der Waals surface area contributed by atoms with Gasteiger partial charge in [0.15, 0.2) is 0 Å². The van der Waals surface area contributed by atoms with Crippen LogP contribution < -0.4 is 10.2 Å². The van der Waals surface area contributed by atoms with Gasteiger partial charge in [-0.1, -0.05) is 43.3 Å². The summed E-state index contributed by atoms with van der Waals surface area (Å²) in [6.07, 6.45) is 0.416. The van der Waals surface area contributed by atoms with Crippen molar-refractivity contribution in [2.45, 2.75) is 19.3 Å². The molecule has 2 amide bonds. The molecule has 0 aliphatic carbocycles. The number of ether oxygens (including phenoxy) is 1. The molecule has 38 heavy (non-hydrogen) atoms. The number of methoxy groups -OCH3 is 1. The fourth-order valence-electron chi connectivity index (χ4n) is 4.42. The molecule has 8 heteroatoms. The second-order valence-electron chi connectivity index (χ2n) is 9.30. The minimum atomic E-state index is -0.656. The van der Waals surface area contributed by atoms with Crippen LogP contribution in [0, 0.1) is 0 Å². The molecule has 1 unspecified atom stereocenters. The van der Waals surface area contributed by atoms with Gasteiger partial charge < -0.3 is 19.9 Å². The van der Waals surface area contributed by atoms with E-state index < -0.39 is 11.9 Å². The van der Waals surface area contributed by atoms with E-state index in [0.29, 0.717) is 35.6 Å². The molecule has 0 saturated heterocycles. The number of rotatable bonds is 9. The van der Waals surface area contributed by atoms with Crippen molar-refractivity contribution in [3.8, 4) is 0 Å². The second-order valence-corrected chi connectivity index (χ2v) is 9.30. The largest absolute Gasteiger partial charge is 0.465 e. The molecule has 1 N–H and O–H groups in total. The van der Waals surface area contributed by atoms with Gasteiger partial charge in [-0.3, -0.25) is 14.6 Å². The highest BCUT2D eigenvalue weighted by atomic mass is 16.5. The molecule has 0 spiro atoms. The third kappa shape index (κ3) is 5.81. The van der Waals surface area contributed by atoms with Crippen molar-refractivity contribution in [1.82, 2.24) is 4.90 Å². The van der Waals surface area contributed by atoms with Gasteiger partial charge in [0, 0.05) is 30.9 Å². The van der Waals surface area contributed by atoms with Gasteiger partial charge in [0.05, 0.1) is 24.1 Å². The summed E-state index contributed by atoms with van der Waals surface area (Å²) in [5, 5.41) is 2.89. The fourth-order valence-corrected chi connectivity index (χ4v) is 4.42. The lowest BCUT2D eigenvalue weighted by molar-refractivity contribution is -0.118. The van der Waals surface area contributed by atoms with Gasteiger partial charge in [0.1, 0.15) is 5.92 Å². The monoisotopic (exact) mass is 512 g/mol. The number of benzene rings is 3. The van der Waals surface area contributed by atoms with Crippen molar-refractivity contribution in [3.05, 3.63) is 89.5 Å². The number of hydrogen-bond acceptors (Lipinski definition) is 6. The lowest BCUT2D eigenvalue weighted by atomic mass is 9.90. The molecule has 3 aromatic rings. The van der Waals surface area contributed by atoms with Crippen molar-refractivity contribution in [2.24, 2.45) is 4.99 Å². The predicted octanol–water partition coefficient (Wildman–Crippen LogP) is 4.63. The van der Waals surface area contributed by atoms with Gasteiger partial charge in [-0.2, -0.15) is 0 Å². The van der Waals surface area contributed by atoms with E-state index in [-0.39, 0.29) is 11.8 Å². The van der Waals surface area contributed by atoms with E-state index >= 15 is 0 Å². The quantitative estimate of drug-likeness (QED) is 0.333. The first kappa shape index (κ1) is 26.8. The summed E-state index contributed by atoms with van der Waals surface area (Å²) in [4.78, 5) is 46.5. The van der Waals surface area contributed by atoms with Crippen LogP contribution in [0.3, 0.4) is 0 Å². The topological polar surface area (TPSA) is 91.3 Å². The van der Waals surface area contributed by atoms with E-state index in [9.17, 15) is 14.4 Å². The molecule has 0 saturated carbocycles. The Bertz CT molecular complexity index is 1350. The summed E-state index contributed by atoms with van der Waals surface area (Å²) < 4.78 is 4.82. The Balaban J connectivity index is 1.72. The normalized spacial score (nSPS) is 14.7. The van der Waals surface area contributed by atoms with Crippen LogP contribution in [-0.4, -0.2) is 62.7 Å². The first-order valence-electron chi connectivity index (χ1n) is 12.5. The number of nitrogens with zero attached hydrogens (tertiary/aromatic N) is 3. The molecule has 3 aromatic carbocycles. The molecule has 196 valence electrons. The molecular weight excluding hydrogens is 480 g/mol. The Kier molecular flexibility index (Phi) is 8.33. The van der Waals surface area contributed by atoms with Crippen molar-refractivity contribution in [3.63, 3.8) is 0 Å². The molecule has 0 aromatic heterocycles. The Hall–Kier alpha value is -4.30. The summed E-state index contributed by atoms with van der Waals surface area (Å²) >= 11 is 0. The van der Waals surface area contributed by atoms with Gasteiger partial charge in [0.2, 0.25) is 11.8 Å². The number of carbonyl (C=O) groups excluding carboxylic acids is 3. The molecule has 1 heterocycles. The molecular formula is C30H32N4O4. The number of fused-ring (bicyclic) bond motifs is 1. The van der Waals surface area contributed by atoms with Crippen molar-refractivity contribution in [2.75, 3.05) is 44.5 Å². The first-order valence-corrected chi connectivity index (χ1v) is 12.5. The third-order valence-corrected chi connectivity index (χ3v) is 6.43. The summed E-state index contributed by atoms with van der Waals surface area (Å²) in [5.74, 6) is -1.29. The molecule has 0 radical (unpaired) electrons. The zero-order valence-electron chi connectivity index (χ0n) is 22.1. The maximum Gasteiger partial charge on any atom is 0.337 e. The van der Waals surface area contributed by atoms with Crippen LogP contribution >= 0.6 is 0 Å². The first-order chi connectivity index (χ1) is 18.3. The van der Waals surface area contributed by atoms with E-state index in [0.717, 1.165) is 23.4 Å². The standard InChI is InChI=1S/C30H32N4O4/c1-5-26(35)34(18-17-33(2)3)23-14-12-22(13-15-23)31-28(20-9-7-6-8-10-20)27-24-16-11-21(30(37)38-4)19-25(24)32-29(27)36/h6-16,19,27H,5,17-18H2,1-4H3,(H,32,36). The highest BCUT2D eigenvalue weighted by Crippen LogP contribution is 2.37. The van der Waals surface area contributed by atoms with Gasteiger partial charge in [-0.25, -0.2) is 4.79 Å². The number of aliphatic imine (C=N–C) groups is 1. The van der Waals surface area contributed by atoms with Crippen LogP contribution in [0.25, 0.3) is 0 Å². The lowest BCUT2D eigenvalue weighted by Gasteiger charge is -2.24. The highest BCUT2D eigenvalue weighted by Gasteiger charge is 2.36. The van der Waals surface area contributed by atoms with Crippen LogP contribution in [0.15, 0.2) is 77.8 Å². The fraction of sp³-hybridized carbons (Fsp3) is 0.267. The Morgan fingerprint density at radius 3 is 2.29 bits per heavy atom. The van der Waals surface area contributed by atoms with Crippen LogP contribution in [-0.2, 0) is 14.3 Å². The predicted molar refractivity (Wildman–Crippen MR) is 149 cm³/mol. The Labute approximate surface area is 222 Å². The van der Waals surface area contributed by atoms with Gasteiger partial charge in [-0.15, -0.1) is 0 Å². The number of amides is 2. The van der Waals surface area contributed by atoms with Crippen LogP contribution in [0.5, 0.6) is 0 Å². The Morgan fingerprint density at radius 2 is 1.66 bits per heavy atom. The third-order valence-electron chi connectivity index (χ3n) is 6.43. The average Bonchev–Trinajstić information content (AvgIpc) is 3.26. The van der Waals surface area contributed by atoms with Crippen LogP contribution in [0.2, 0.25) is 0 Å². The smallest absolute Gasteiger partial charge is 0.337 e. The number of esters is 1. The van der Waals surface area contributed by atoms with Crippen molar-refractivity contribution >= 4 is 40.6 Å². The van der Waals surface area contributed by atoms with Crippen LogP contribution in [0.1, 0.15) is 40.7 Å². The zero-order chi connectivity index (χ0) is 27.2. The second kappa shape index (κ2) is 11.8. The minimum absolute atomic E-state index is 0.0543. The zero-order valence-corrected chi connectivity index (χ0v) is 22.1. The van der Waals surface area contributed by atoms with Gasteiger partial charge in [-0.05, 0) is 61.6 Å².